The zero-order chi connectivity index (χ0) is 13.3. The highest BCUT2D eigenvalue weighted by Crippen LogP contribution is 2.25. The number of aryl methyl sites for hydroxylation is 1. The van der Waals surface area contributed by atoms with Crippen molar-refractivity contribution in [3.8, 4) is 0 Å². The van der Waals surface area contributed by atoms with Crippen LogP contribution in [0.25, 0.3) is 0 Å². The number of rotatable bonds is 3. The van der Waals surface area contributed by atoms with E-state index in [9.17, 15) is 8.42 Å². The van der Waals surface area contributed by atoms with Crippen LogP contribution in [-0.2, 0) is 9.84 Å². The van der Waals surface area contributed by atoms with E-state index in [0.29, 0.717) is 11.3 Å². The van der Waals surface area contributed by atoms with Gasteiger partial charge in [-0.05, 0) is 36.5 Å². The van der Waals surface area contributed by atoms with E-state index in [1.54, 1.807) is 12.1 Å². The molecule has 0 aliphatic heterocycles. The summed E-state index contributed by atoms with van der Waals surface area (Å²) in [7, 11) is -3.16. The minimum absolute atomic E-state index is 0.0367. The van der Waals surface area contributed by atoms with Crippen molar-refractivity contribution in [2.45, 2.75) is 39.0 Å². The van der Waals surface area contributed by atoms with Gasteiger partial charge in [0, 0.05) is 4.47 Å². The van der Waals surface area contributed by atoms with Gasteiger partial charge in [-0.25, -0.2) is 8.42 Å². The Morgan fingerprint density at radius 1 is 1.24 bits per heavy atom. The zero-order valence-electron chi connectivity index (χ0n) is 10.7. The molecule has 1 aromatic carbocycles. The quantitative estimate of drug-likeness (QED) is 0.845. The maximum Gasteiger partial charge on any atom is 0.178 e. The van der Waals surface area contributed by atoms with E-state index in [1.165, 1.54) is 0 Å². The molecule has 0 saturated carbocycles. The number of benzene rings is 1. The SMILES string of the molecule is Cc1ccc(S(=O)(=O)CCC(C)(C)C)cc1Br. The fourth-order valence-electron chi connectivity index (χ4n) is 1.33. The first kappa shape index (κ1) is 14.7. The van der Waals surface area contributed by atoms with Crippen LogP contribution in [0.4, 0.5) is 0 Å². The third-order valence-corrected chi connectivity index (χ3v) is 5.19. The van der Waals surface area contributed by atoms with Crippen LogP contribution in [0, 0.1) is 12.3 Å². The maximum absolute atomic E-state index is 12.1. The molecule has 0 unspecified atom stereocenters. The van der Waals surface area contributed by atoms with E-state index in [2.05, 4.69) is 15.9 Å². The molecule has 0 spiro atoms. The molecule has 0 atom stereocenters. The van der Waals surface area contributed by atoms with Gasteiger partial charge in [-0.1, -0.05) is 42.8 Å². The maximum atomic E-state index is 12.1. The lowest BCUT2D eigenvalue weighted by Gasteiger charge is -2.17. The summed E-state index contributed by atoms with van der Waals surface area (Å²) in [5, 5.41) is 0. The van der Waals surface area contributed by atoms with Crippen LogP contribution in [-0.4, -0.2) is 14.2 Å². The number of hydrogen-bond acceptors (Lipinski definition) is 2. The minimum Gasteiger partial charge on any atom is -0.224 e. The average Bonchev–Trinajstić information content (AvgIpc) is 2.18. The third-order valence-electron chi connectivity index (χ3n) is 2.62. The standard InChI is InChI=1S/C13H19BrO2S/c1-10-5-6-11(9-12(10)14)17(15,16)8-7-13(2,3)4/h5-6,9H,7-8H2,1-4H3. The molecule has 0 bridgehead atoms. The smallest absolute Gasteiger partial charge is 0.178 e. The van der Waals surface area contributed by atoms with Crippen molar-refractivity contribution in [2.24, 2.45) is 5.41 Å². The lowest BCUT2D eigenvalue weighted by atomic mass is 9.94. The number of hydrogen-bond donors (Lipinski definition) is 0. The molecule has 0 amide bonds. The molecule has 0 aromatic heterocycles. The molecule has 0 aliphatic rings. The molecule has 0 heterocycles. The molecule has 0 radical (unpaired) electrons. The van der Waals surface area contributed by atoms with Gasteiger partial charge < -0.3 is 0 Å². The predicted octanol–water partition coefficient (Wildman–Crippen LogP) is 3.97. The normalized spacial score (nSPS) is 12.8. The van der Waals surface area contributed by atoms with Crippen molar-refractivity contribution >= 4 is 25.8 Å². The molecule has 0 fully saturated rings. The van der Waals surface area contributed by atoms with Crippen LogP contribution in [0.1, 0.15) is 32.8 Å². The second-order valence-electron chi connectivity index (χ2n) is 5.54. The van der Waals surface area contributed by atoms with Gasteiger partial charge in [0.15, 0.2) is 9.84 Å². The number of sulfone groups is 1. The average molecular weight is 319 g/mol. The monoisotopic (exact) mass is 318 g/mol. The van der Waals surface area contributed by atoms with Crippen molar-refractivity contribution < 1.29 is 8.42 Å². The Morgan fingerprint density at radius 2 is 1.82 bits per heavy atom. The van der Waals surface area contributed by atoms with Crippen molar-refractivity contribution in [2.75, 3.05) is 5.75 Å². The Hall–Kier alpha value is -0.350. The number of halogens is 1. The molecule has 0 N–H and O–H groups in total. The van der Waals surface area contributed by atoms with Gasteiger partial charge in [0.1, 0.15) is 0 Å². The highest BCUT2D eigenvalue weighted by Gasteiger charge is 2.19. The van der Waals surface area contributed by atoms with E-state index < -0.39 is 9.84 Å². The van der Waals surface area contributed by atoms with Crippen LogP contribution in [0.15, 0.2) is 27.6 Å². The van der Waals surface area contributed by atoms with Gasteiger partial charge >= 0.3 is 0 Å². The fraction of sp³-hybridized carbons (Fsp3) is 0.538. The molecular weight excluding hydrogens is 300 g/mol. The molecule has 1 aromatic rings. The van der Waals surface area contributed by atoms with Crippen molar-refractivity contribution in [1.29, 1.82) is 0 Å². The Labute approximate surface area is 112 Å². The van der Waals surface area contributed by atoms with Crippen molar-refractivity contribution in [1.82, 2.24) is 0 Å². The first-order chi connectivity index (χ1) is 7.62. The van der Waals surface area contributed by atoms with Crippen LogP contribution < -0.4 is 0 Å². The van der Waals surface area contributed by atoms with Crippen molar-refractivity contribution in [3.63, 3.8) is 0 Å². The largest absolute Gasteiger partial charge is 0.224 e. The molecule has 0 saturated heterocycles. The summed E-state index contributed by atoms with van der Waals surface area (Å²) < 4.78 is 25.1. The Kier molecular flexibility index (Phi) is 4.42. The van der Waals surface area contributed by atoms with E-state index in [0.717, 1.165) is 10.0 Å². The van der Waals surface area contributed by atoms with E-state index in [-0.39, 0.29) is 11.2 Å². The van der Waals surface area contributed by atoms with Gasteiger partial charge in [0.25, 0.3) is 0 Å². The summed E-state index contributed by atoms with van der Waals surface area (Å²) in [6, 6.07) is 5.19. The van der Waals surface area contributed by atoms with Gasteiger partial charge in [-0.15, -0.1) is 0 Å². The van der Waals surface area contributed by atoms with Gasteiger partial charge in [0.05, 0.1) is 10.6 Å². The summed E-state index contributed by atoms with van der Waals surface area (Å²) in [6.45, 7) is 8.09. The Balaban J connectivity index is 2.94. The molecule has 2 nitrogen and oxygen atoms in total. The van der Waals surface area contributed by atoms with Crippen LogP contribution >= 0.6 is 15.9 Å². The third kappa shape index (κ3) is 4.43. The molecule has 96 valence electrons. The molecule has 4 heteroatoms. The second-order valence-corrected chi connectivity index (χ2v) is 8.50. The van der Waals surface area contributed by atoms with Gasteiger partial charge in [-0.2, -0.15) is 0 Å². The minimum atomic E-state index is -3.16. The summed E-state index contributed by atoms with van der Waals surface area (Å²) in [6.07, 6.45) is 0.667. The second kappa shape index (κ2) is 5.11. The lowest BCUT2D eigenvalue weighted by molar-refractivity contribution is 0.397. The van der Waals surface area contributed by atoms with E-state index in [4.69, 9.17) is 0 Å². The van der Waals surface area contributed by atoms with Gasteiger partial charge in [0.2, 0.25) is 0 Å². The highest BCUT2D eigenvalue weighted by molar-refractivity contribution is 9.10. The Morgan fingerprint density at radius 3 is 2.29 bits per heavy atom. The van der Waals surface area contributed by atoms with Crippen LogP contribution in [0.3, 0.4) is 0 Å². The first-order valence-corrected chi connectivity index (χ1v) is 8.05. The van der Waals surface area contributed by atoms with Gasteiger partial charge in [-0.3, -0.25) is 0 Å². The predicted molar refractivity (Wildman–Crippen MR) is 75.0 cm³/mol. The lowest BCUT2D eigenvalue weighted by Crippen LogP contribution is -2.15. The van der Waals surface area contributed by atoms with Crippen molar-refractivity contribution in [3.05, 3.63) is 28.2 Å². The molecule has 17 heavy (non-hydrogen) atoms. The Bertz CT molecular complexity index is 499. The molecule has 0 aliphatic carbocycles. The van der Waals surface area contributed by atoms with E-state index in [1.807, 2.05) is 33.8 Å². The topological polar surface area (TPSA) is 34.1 Å². The zero-order valence-corrected chi connectivity index (χ0v) is 13.2. The fourth-order valence-corrected chi connectivity index (χ4v) is 3.55. The first-order valence-electron chi connectivity index (χ1n) is 5.61. The summed E-state index contributed by atoms with van der Waals surface area (Å²) in [5.74, 6) is 0.200. The van der Waals surface area contributed by atoms with E-state index >= 15 is 0 Å². The molecular formula is C13H19BrO2S. The van der Waals surface area contributed by atoms with Crippen LogP contribution in [0.5, 0.6) is 0 Å². The highest BCUT2D eigenvalue weighted by atomic mass is 79.9. The summed E-state index contributed by atoms with van der Waals surface area (Å²) in [5.41, 5.74) is 1.08. The van der Waals surface area contributed by atoms with Crippen LogP contribution in [0.2, 0.25) is 0 Å². The summed E-state index contributed by atoms with van der Waals surface area (Å²) in [4.78, 5) is 0.402. The summed E-state index contributed by atoms with van der Waals surface area (Å²) >= 11 is 3.36. The molecule has 1 rings (SSSR count).